The monoisotopic (exact) mass is 380 g/mol. The van der Waals surface area contributed by atoms with Gasteiger partial charge in [0.15, 0.2) is 5.76 Å². The van der Waals surface area contributed by atoms with Gasteiger partial charge in [-0.15, -0.1) is 11.8 Å². The Hall–Kier alpha value is -2.66. The molecule has 27 heavy (non-hydrogen) atoms. The summed E-state index contributed by atoms with van der Waals surface area (Å²) in [5, 5.41) is 0. The van der Waals surface area contributed by atoms with Crippen molar-refractivity contribution in [2.45, 2.75) is 17.2 Å². The average Bonchev–Trinajstić information content (AvgIpc) is 3.15. The predicted molar refractivity (Wildman–Crippen MR) is 111 cm³/mol. The van der Waals surface area contributed by atoms with Crippen LogP contribution < -0.4 is 4.90 Å². The van der Waals surface area contributed by atoms with Gasteiger partial charge < -0.3 is 14.2 Å². The highest BCUT2D eigenvalue weighted by Crippen LogP contribution is 2.25. The quantitative estimate of drug-likeness (QED) is 0.546. The van der Waals surface area contributed by atoms with E-state index in [4.69, 9.17) is 4.42 Å². The third-order valence-electron chi connectivity index (χ3n) is 4.30. The van der Waals surface area contributed by atoms with Crippen LogP contribution in [0.5, 0.6) is 0 Å². The van der Waals surface area contributed by atoms with Crippen LogP contribution in [-0.2, 0) is 12.3 Å². The van der Waals surface area contributed by atoms with E-state index in [0.717, 1.165) is 16.8 Å². The smallest absolute Gasteiger partial charge is 0.289 e. The third-order valence-corrected chi connectivity index (χ3v) is 5.36. The number of carbonyl (C=O) groups excluding carboxylic acids is 1. The molecule has 1 aromatic heterocycles. The zero-order valence-electron chi connectivity index (χ0n) is 15.9. The molecule has 0 fully saturated rings. The van der Waals surface area contributed by atoms with Crippen molar-refractivity contribution in [3.05, 3.63) is 83.8 Å². The average molecular weight is 381 g/mol. The van der Waals surface area contributed by atoms with E-state index in [1.54, 1.807) is 30.0 Å². The second-order valence-electron chi connectivity index (χ2n) is 6.60. The first-order valence-corrected chi connectivity index (χ1v) is 9.79. The lowest BCUT2D eigenvalue weighted by molar-refractivity contribution is 0.0752. The van der Waals surface area contributed by atoms with Crippen LogP contribution in [0.1, 0.15) is 21.7 Å². The Labute approximate surface area is 164 Å². The molecule has 0 aliphatic rings. The molecule has 1 amide bonds. The molecule has 2 aromatic carbocycles. The fourth-order valence-corrected chi connectivity index (χ4v) is 3.63. The maximum atomic E-state index is 12.8. The number of thioether (sulfide) groups is 1. The molecule has 0 N–H and O–H groups in total. The third kappa shape index (κ3) is 4.95. The Morgan fingerprint density at radius 1 is 0.963 bits per heavy atom. The van der Waals surface area contributed by atoms with Crippen LogP contribution >= 0.6 is 11.8 Å². The number of nitrogens with zero attached hydrogens (tertiary/aromatic N) is 2. The lowest BCUT2D eigenvalue weighted by atomic mass is 10.2. The molecule has 4 nitrogen and oxygen atoms in total. The largest absolute Gasteiger partial charge is 0.459 e. The van der Waals surface area contributed by atoms with Gasteiger partial charge in [-0.25, -0.2) is 0 Å². The highest BCUT2D eigenvalue weighted by molar-refractivity contribution is 7.98. The SMILES string of the molecule is CN(Cc1ccc(N(C)C)cc1)C(=O)c1occc1CSc1ccccc1. The Balaban J connectivity index is 1.64. The van der Waals surface area contributed by atoms with Gasteiger partial charge in [0.25, 0.3) is 5.91 Å². The Kier molecular flexibility index (Phi) is 6.24. The number of furan rings is 1. The van der Waals surface area contributed by atoms with Gasteiger partial charge in [0, 0.05) is 49.6 Å². The molecule has 0 saturated heterocycles. The van der Waals surface area contributed by atoms with Crippen molar-refractivity contribution in [1.29, 1.82) is 0 Å². The molecule has 5 heteroatoms. The van der Waals surface area contributed by atoms with E-state index >= 15 is 0 Å². The Morgan fingerprint density at radius 2 is 1.67 bits per heavy atom. The second kappa shape index (κ2) is 8.82. The summed E-state index contributed by atoms with van der Waals surface area (Å²) in [4.78, 5) is 17.8. The van der Waals surface area contributed by atoms with Crippen LogP contribution in [0.2, 0.25) is 0 Å². The molecular formula is C22H24N2O2S. The number of amides is 1. The lowest BCUT2D eigenvalue weighted by Crippen LogP contribution is -2.26. The van der Waals surface area contributed by atoms with Gasteiger partial charge in [-0.3, -0.25) is 4.79 Å². The highest BCUT2D eigenvalue weighted by Gasteiger charge is 2.19. The molecular weight excluding hydrogens is 356 g/mol. The topological polar surface area (TPSA) is 36.7 Å². The number of hydrogen-bond acceptors (Lipinski definition) is 4. The van der Waals surface area contributed by atoms with Crippen LogP contribution in [0.3, 0.4) is 0 Å². The van der Waals surface area contributed by atoms with Gasteiger partial charge >= 0.3 is 0 Å². The van der Waals surface area contributed by atoms with E-state index < -0.39 is 0 Å². The minimum Gasteiger partial charge on any atom is -0.459 e. The fourth-order valence-electron chi connectivity index (χ4n) is 2.73. The van der Waals surface area contributed by atoms with E-state index in [9.17, 15) is 4.79 Å². The van der Waals surface area contributed by atoms with E-state index in [1.165, 1.54) is 4.90 Å². The van der Waals surface area contributed by atoms with Gasteiger partial charge in [-0.05, 0) is 35.9 Å². The van der Waals surface area contributed by atoms with Crippen molar-refractivity contribution < 1.29 is 9.21 Å². The minimum atomic E-state index is -0.0969. The summed E-state index contributed by atoms with van der Waals surface area (Å²) >= 11 is 1.69. The molecule has 1 heterocycles. The number of hydrogen-bond donors (Lipinski definition) is 0. The van der Waals surface area contributed by atoms with E-state index in [-0.39, 0.29) is 5.91 Å². The Bertz CT molecular complexity index is 873. The van der Waals surface area contributed by atoms with Crippen molar-refractivity contribution in [2.75, 3.05) is 26.0 Å². The summed E-state index contributed by atoms with van der Waals surface area (Å²) in [5.74, 6) is 1.03. The van der Waals surface area contributed by atoms with Crippen molar-refractivity contribution in [1.82, 2.24) is 4.90 Å². The van der Waals surface area contributed by atoms with Crippen molar-refractivity contribution >= 4 is 23.4 Å². The predicted octanol–water partition coefficient (Wildman–Crippen LogP) is 4.91. The molecule has 3 rings (SSSR count). The molecule has 0 aliphatic carbocycles. The van der Waals surface area contributed by atoms with E-state index in [2.05, 4.69) is 29.2 Å². The number of carbonyl (C=O) groups is 1. The van der Waals surface area contributed by atoms with Gasteiger partial charge in [-0.2, -0.15) is 0 Å². The van der Waals surface area contributed by atoms with Gasteiger partial charge in [0.2, 0.25) is 0 Å². The maximum Gasteiger partial charge on any atom is 0.289 e. The standard InChI is InChI=1S/C22H24N2O2S/c1-23(2)19-11-9-17(10-12-19)15-24(3)22(25)21-18(13-14-26-21)16-27-20-7-5-4-6-8-20/h4-14H,15-16H2,1-3H3. The fraction of sp³-hybridized carbons (Fsp3) is 0.227. The summed E-state index contributed by atoms with van der Waals surface area (Å²) in [5.41, 5.74) is 3.14. The van der Waals surface area contributed by atoms with Crippen LogP contribution in [0.4, 0.5) is 5.69 Å². The van der Waals surface area contributed by atoms with Crippen molar-refractivity contribution in [3.8, 4) is 0 Å². The van der Waals surface area contributed by atoms with Crippen molar-refractivity contribution in [3.63, 3.8) is 0 Å². The van der Waals surface area contributed by atoms with Crippen LogP contribution in [-0.4, -0.2) is 32.0 Å². The van der Waals surface area contributed by atoms with Gasteiger partial charge in [0.1, 0.15) is 0 Å². The summed E-state index contributed by atoms with van der Waals surface area (Å²) in [7, 11) is 5.83. The van der Waals surface area contributed by atoms with Crippen LogP contribution in [0.15, 0.2) is 76.2 Å². The number of rotatable bonds is 7. The van der Waals surface area contributed by atoms with Gasteiger partial charge in [-0.1, -0.05) is 30.3 Å². The molecule has 0 spiro atoms. The summed E-state index contributed by atoms with van der Waals surface area (Å²) < 4.78 is 5.51. The molecule has 0 aliphatic heterocycles. The van der Waals surface area contributed by atoms with Crippen LogP contribution in [0.25, 0.3) is 0 Å². The molecule has 0 bridgehead atoms. The molecule has 3 aromatic rings. The van der Waals surface area contributed by atoms with Crippen LogP contribution in [0, 0.1) is 0 Å². The van der Waals surface area contributed by atoms with Gasteiger partial charge in [0.05, 0.1) is 6.26 Å². The lowest BCUT2D eigenvalue weighted by Gasteiger charge is -2.18. The molecule has 0 radical (unpaired) electrons. The minimum absolute atomic E-state index is 0.0969. The first kappa shape index (κ1) is 19.1. The Morgan fingerprint density at radius 3 is 2.33 bits per heavy atom. The molecule has 0 saturated carbocycles. The van der Waals surface area contributed by atoms with E-state index in [0.29, 0.717) is 18.1 Å². The molecule has 0 atom stereocenters. The first-order chi connectivity index (χ1) is 13.0. The van der Waals surface area contributed by atoms with E-state index in [1.807, 2.05) is 50.5 Å². The number of anilines is 1. The zero-order valence-corrected chi connectivity index (χ0v) is 16.7. The second-order valence-corrected chi connectivity index (χ2v) is 7.65. The maximum absolute atomic E-state index is 12.8. The normalized spacial score (nSPS) is 10.6. The summed E-state index contributed by atoms with van der Waals surface area (Å²) in [6.45, 7) is 0.540. The summed E-state index contributed by atoms with van der Waals surface area (Å²) in [6.07, 6.45) is 1.59. The molecule has 140 valence electrons. The van der Waals surface area contributed by atoms with Crippen molar-refractivity contribution in [2.24, 2.45) is 0 Å². The highest BCUT2D eigenvalue weighted by atomic mass is 32.2. The summed E-state index contributed by atoms with van der Waals surface area (Å²) in [6, 6.07) is 20.2. The first-order valence-electron chi connectivity index (χ1n) is 8.80. The zero-order chi connectivity index (χ0) is 19.2. The molecule has 0 unspecified atom stereocenters. The number of benzene rings is 2.